The van der Waals surface area contributed by atoms with Crippen molar-refractivity contribution in [2.75, 3.05) is 45.8 Å². The van der Waals surface area contributed by atoms with Crippen molar-refractivity contribution >= 4 is 15.9 Å². The minimum Gasteiger partial charge on any atom is -0.340 e. The zero-order valence-corrected chi connectivity index (χ0v) is 16.6. The Morgan fingerprint density at radius 2 is 1.65 bits per heavy atom. The summed E-state index contributed by atoms with van der Waals surface area (Å²) in [4.78, 5) is 16.9. The molecule has 0 saturated carbocycles. The molecular weight excluding hydrogens is 350 g/mol. The van der Waals surface area contributed by atoms with Crippen LogP contribution in [0.4, 0.5) is 0 Å². The molecule has 3 rings (SSSR count). The Morgan fingerprint density at radius 1 is 1.00 bits per heavy atom. The van der Waals surface area contributed by atoms with Gasteiger partial charge in [0.1, 0.15) is 0 Å². The molecule has 144 valence electrons. The highest BCUT2D eigenvalue weighted by molar-refractivity contribution is 7.89. The molecule has 6 nitrogen and oxygen atoms in total. The third-order valence-corrected chi connectivity index (χ3v) is 7.44. The first kappa shape index (κ1) is 19.3. The van der Waals surface area contributed by atoms with Gasteiger partial charge in [0.25, 0.3) is 0 Å². The molecule has 26 heavy (non-hydrogen) atoms. The molecule has 2 fully saturated rings. The summed E-state index contributed by atoms with van der Waals surface area (Å²) in [6.07, 6.45) is 2.98. The van der Waals surface area contributed by atoms with E-state index in [0.717, 1.165) is 30.8 Å². The van der Waals surface area contributed by atoms with Gasteiger partial charge < -0.3 is 9.80 Å². The van der Waals surface area contributed by atoms with E-state index < -0.39 is 10.0 Å². The number of benzene rings is 1. The summed E-state index contributed by atoms with van der Waals surface area (Å²) in [5.74, 6) is 0.139. The van der Waals surface area contributed by atoms with E-state index in [9.17, 15) is 13.2 Å². The molecule has 0 aromatic heterocycles. The van der Waals surface area contributed by atoms with Gasteiger partial charge in [-0.3, -0.25) is 4.79 Å². The third-order valence-electron chi connectivity index (χ3n) is 5.38. The normalized spacial score (nSPS) is 19.8. The van der Waals surface area contributed by atoms with E-state index in [1.807, 2.05) is 30.9 Å². The Labute approximate surface area is 156 Å². The molecular formula is C19H29N3O3S. The lowest BCUT2D eigenvalue weighted by atomic mass is 10.2. The Kier molecular flexibility index (Phi) is 5.99. The van der Waals surface area contributed by atoms with Crippen LogP contribution in [0.3, 0.4) is 0 Å². The summed E-state index contributed by atoms with van der Waals surface area (Å²) < 4.78 is 27.3. The maximum absolute atomic E-state index is 12.9. The third kappa shape index (κ3) is 4.27. The smallest absolute Gasteiger partial charge is 0.243 e. The van der Waals surface area contributed by atoms with Crippen LogP contribution < -0.4 is 0 Å². The molecule has 2 aliphatic rings. The monoisotopic (exact) mass is 379 g/mol. The summed E-state index contributed by atoms with van der Waals surface area (Å²) in [5.41, 5.74) is 1.82. The molecule has 1 amide bonds. The van der Waals surface area contributed by atoms with Gasteiger partial charge in [-0.05, 0) is 51.4 Å². The van der Waals surface area contributed by atoms with Crippen LogP contribution in [0, 0.1) is 13.8 Å². The molecule has 0 aliphatic carbocycles. The quantitative estimate of drug-likeness (QED) is 0.780. The molecule has 2 aliphatic heterocycles. The fourth-order valence-corrected chi connectivity index (χ4v) is 5.45. The highest BCUT2D eigenvalue weighted by Crippen LogP contribution is 2.22. The van der Waals surface area contributed by atoms with E-state index in [-0.39, 0.29) is 5.91 Å². The van der Waals surface area contributed by atoms with E-state index in [1.54, 1.807) is 6.07 Å². The molecule has 0 radical (unpaired) electrons. The second kappa shape index (κ2) is 8.06. The van der Waals surface area contributed by atoms with Crippen molar-refractivity contribution in [3.8, 4) is 0 Å². The predicted octanol–water partition coefficient (Wildman–Crippen LogP) is 1.62. The topological polar surface area (TPSA) is 60.9 Å². The number of carbonyl (C=O) groups is 1. The van der Waals surface area contributed by atoms with Gasteiger partial charge in [0.2, 0.25) is 15.9 Å². The van der Waals surface area contributed by atoms with Crippen molar-refractivity contribution in [1.82, 2.24) is 14.1 Å². The van der Waals surface area contributed by atoms with Crippen molar-refractivity contribution in [3.63, 3.8) is 0 Å². The number of nitrogens with zero attached hydrogens (tertiary/aromatic N) is 3. The van der Waals surface area contributed by atoms with Crippen molar-refractivity contribution in [3.05, 3.63) is 29.3 Å². The summed E-state index contributed by atoms with van der Waals surface area (Å²) in [5, 5.41) is 0. The zero-order valence-electron chi connectivity index (χ0n) is 15.8. The minimum absolute atomic E-state index is 0.139. The number of sulfonamides is 1. The first-order valence-electron chi connectivity index (χ1n) is 9.45. The van der Waals surface area contributed by atoms with Crippen LogP contribution in [-0.2, 0) is 14.8 Å². The first-order valence-corrected chi connectivity index (χ1v) is 10.9. The minimum atomic E-state index is -3.50. The molecule has 2 saturated heterocycles. The number of carbonyl (C=O) groups excluding carboxylic acids is 1. The average molecular weight is 380 g/mol. The SMILES string of the molecule is Cc1ccc(S(=O)(=O)N2CCN(C(=O)CCN3CCCC3)CC2)c(C)c1. The molecule has 7 heteroatoms. The molecule has 0 atom stereocenters. The van der Waals surface area contributed by atoms with Gasteiger partial charge in [0.15, 0.2) is 0 Å². The number of amides is 1. The van der Waals surface area contributed by atoms with Crippen LogP contribution in [0.2, 0.25) is 0 Å². The van der Waals surface area contributed by atoms with Crippen molar-refractivity contribution in [2.45, 2.75) is 38.0 Å². The molecule has 0 spiro atoms. The predicted molar refractivity (Wildman–Crippen MR) is 102 cm³/mol. The number of rotatable bonds is 5. The van der Waals surface area contributed by atoms with Crippen LogP contribution >= 0.6 is 0 Å². The Balaban J connectivity index is 1.56. The lowest BCUT2D eigenvalue weighted by Crippen LogP contribution is -2.50. The second-order valence-corrected chi connectivity index (χ2v) is 9.26. The highest BCUT2D eigenvalue weighted by atomic mass is 32.2. The molecule has 2 heterocycles. The van der Waals surface area contributed by atoms with Crippen LogP contribution in [0.5, 0.6) is 0 Å². The molecule has 1 aromatic rings. The van der Waals surface area contributed by atoms with Crippen LogP contribution in [0.25, 0.3) is 0 Å². The van der Waals surface area contributed by atoms with E-state index in [2.05, 4.69) is 4.90 Å². The molecule has 0 bridgehead atoms. The number of piperazine rings is 1. The number of likely N-dealkylation sites (tertiary alicyclic amines) is 1. The van der Waals surface area contributed by atoms with E-state index in [0.29, 0.717) is 37.5 Å². The van der Waals surface area contributed by atoms with Gasteiger partial charge in [-0.15, -0.1) is 0 Å². The van der Waals surface area contributed by atoms with Crippen LogP contribution in [0.1, 0.15) is 30.4 Å². The van der Waals surface area contributed by atoms with Gasteiger partial charge in [0, 0.05) is 39.1 Å². The van der Waals surface area contributed by atoms with Crippen molar-refractivity contribution in [1.29, 1.82) is 0 Å². The summed E-state index contributed by atoms with van der Waals surface area (Å²) in [7, 11) is -3.50. The average Bonchev–Trinajstić information content (AvgIpc) is 3.13. The summed E-state index contributed by atoms with van der Waals surface area (Å²) >= 11 is 0. The summed E-state index contributed by atoms with van der Waals surface area (Å²) in [6.45, 7) is 8.47. The van der Waals surface area contributed by atoms with Crippen LogP contribution in [0.15, 0.2) is 23.1 Å². The second-order valence-electron chi connectivity index (χ2n) is 7.35. The van der Waals surface area contributed by atoms with Gasteiger partial charge >= 0.3 is 0 Å². The van der Waals surface area contributed by atoms with Gasteiger partial charge in [-0.25, -0.2) is 8.42 Å². The Bertz CT molecular complexity index is 749. The van der Waals surface area contributed by atoms with Gasteiger partial charge in [-0.1, -0.05) is 17.7 Å². The number of aryl methyl sites for hydroxylation is 2. The van der Waals surface area contributed by atoms with Crippen molar-refractivity contribution < 1.29 is 13.2 Å². The van der Waals surface area contributed by atoms with E-state index in [1.165, 1.54) is 17.1 Å². The van der Waals surface area contributed by atoms with Gasteiger partial charge in [-0.2, -0.15) is 4.31 Å². The number of hydrogen-bond donors (Lipinski definition) is 0. The summed E-state index contributed by atoms with van der Waals surface area (Å²) in [6, 6.07) is 5.41. The lowest BCUT2D eigenvalue weighted by molar-refractivity contribution is -0.132. The zero-order chi connectivity index (χ0) is 18.7. The molecule has 0 unspecified atom stereocenters. The molecule has 0 N–H and O–H groups in total. The van der Waals surface area contributed by atoms with E-state index in [4.69, 9.17) is 0 Å². The van der Waals surface area contributed by atoms with E-state index >= 15 is 0 Å². The maximum atomic E-state index is 12.9. The largest absolute Gasteiger partial charge is 0.340 e. The van der Waals surface area contributed by atoms with Crippen LogP contribution in [-0.4, -0.2) is 74.2 Å². The van der Waals surface area contributed by atoms with Crippen molar-refractivity contribution in [2.24, 2.45) is 0 Å². The maximum Gasteiger partial charge on any atom is 0.243 e. The fourth-order valence-electron chi connectivity index (χ4n) is 3.82. The Hall–Kier alpha value is -1.44. The fraction of sp³-hybridized carbons (Fsp3) is 0.632. The molecule has 1 aromatic carbocycles. The first-order chi connectivity index (χ1) is 12.4. The standard InChI is InChI=1S/C19H29N3O3S/c1-16-5-6-18(17(2)15-16)26(24,25)22-13-11-21(12-14-22)19(23)7-10-20-8-3-4-9-20/h5-6,15H,3-4,7-14H2,1-2H3. The highest BCUT2D eigenvalue weighted by Gasteiger charge is 2.31. The Morgan fingerprint density at radius 3 is 2.27 bits per heavy atom. The lowest BCUT2D eigenvalue weighted by Gasteiger charge is -2.34. The number of hydrogen-bond acceptors (Lipinski definition) is 4. The van der Waals surface area contributed by atoms with Gasteiger partial charge in [0.05, 0.1) is 4.90 Å².